The second-order valence-corrected chi connectivity index (χ2v) is 8.22. The minimum Gasteiger partial charge on any atom is -0.480 e. The Bertz CT molecular complexity index is 926. The second-order valence-electron chi connectivity index (χ2n) is 8.22. The summed E-state index contributed by atoms with van der Waals surface area (Å²) >= 11 is 0. The van der Waals surface area contributed by atoms with Crippen molar-refractivity contribution in [3.8, 4) is 11.1 Å². The largest absolute Gasteiger partial charge is 0.480 e. The molecular formula is C24H28N2O5. The number of nitrogens with one attached hydrogen (secondary N) is 2. The van der Waals surface area contributed by atoms with E-state index in [0.29, 0.717) is 6.42 Å². The topological polar surface area (TPSA) is 105 Å². The molecule has 3 rings (SSSR count). The minimum absolute atomic E-state index is 0.0810. The zero-order valence-corrected chi connectivity index (χ0v) is 17.9. The van der Waals surface area contributed by atoms with Crippen LogP contribution < -0.4 is 10.6 Å². The van der Waals surface area contributed by atoms with E-state index in [0.717, 1.165) is 22.3 Å². The van der Waals surface area contributed by atoms with Gasteiger partial charge in [-0.15, -0.1) is 0 Å². The van der Waals surface area contributed by atoms with E-state index in [9.17, 15) is 14.4 Å². The molecule has 1 aliphatic carbocycles. The number of amides is 2. The summed E-state index contributed by atoms with van der Waals surface area (Å²) in [6, 6.07) is 14.1. The molecule has 2 aromatic carbocycles. The van der Waals surface area contributed by atoms with Crippen molar-refractivity contribution in [2.24, 2.45) is 5.92 Å². The van der Waals surface area contributed by atoms with Gasteiger partial charge in [-0.2, -0.15) is 0 Å². The lowest BCUT2D eigenvalue weighted by atomic mass is 9.98. The number of hydrogen-bond donors (Lipinski definition) is 3. The minimum atomic E-state index is -1.14. The lowest BCUT2D eigenvalue weighted by Crippen LogP contribution is -2.51. The molecule has 0 spiro atoms. The Labute approximate surface area is 181 Å². The number of rotatable bonds is 8. The molecule has 0 heterocycles. The summed E-state index contributed by atoms with van der Waals surface area (Å²) in [5, 5.41) is 14.0. The number of carbonyl (C=O) groups is 3. The molecule has 164 valence electrons. The molecule has 0 saturated heterocycles. The highest BCUT2D eigenvalue weighted by molar-refractivity contribution is 5.89. The first-order chi connectivity index (χ1) is 14.8. The first-order valence-electron chi connectivity index (χ1n) is 10.4. The van der Waals surface area contributed by atoms with Gasteiger partial charge in [-0.1, -0.05) is 62.4 Å². The van der Waals surface area contributed by atoms with Crippen LogP contribution >= 0.6 is 0 Å². The van der Waals surface area contributed by atoms with E-state index < -0.39 is 30.1 Å². The van der Waals surface area contributed by atoms with Crippen LogP contribution in [-0.2, 0) is 14.3 Å². The Hall–Kier alpha value is -3.35. The predicted octanol–water partition coefficient (Wildman–Crippen LogP) is 3.53. The molecule has 2 atom stereocenters. The van der Waals surface area contributed by atoms with Crippen LogP contribution in [0, 0.1) is 5.92 Å². The molecule has 2 amide bonds. The van der Waals surface area contributed by atoms with Gasteiger partial charge in [0.05, 0.1) is 0 Å². The number of ether oxygens (including phenoxy) is 1. The molecule has 0 saturated carbocycles. The number of carboxylic acids is 1. The van der Waals surface area contributed by atoms with Crippen LogP contribution in [0.5, 0.6) is 0 Å². The number of hydrogen-bond acceptors (Lipinski definition) is 4. The van der Waals surface area contributed by atoms with E-state index in [4.69, 9.17) is 9.84 Å². The molecule has 0 bridgehead atoms. The fourth-order valence-electron chi connectivity index (χ4n) is 3.86. The lowest BCUT2D eigenvalue weighted by molar-refractivity contribution is -0.141. The monoisotopic (exact) mass is 424 g/mol. The normalized spacial score (nSPS) is 14.3. The van der Waals surface area contributed by atoms with Crippen molar-refractivity contribution >= 4 is 18.0 Å². The van der Waals surface area contributed by atoms with E-state index in [1.54, 1.807) is 0 Å². The van der Waals surface area contributed by atoms with Gasteiger partial charge in [0, 0.05) is 5.92 Å². The van der Waals surface area contributed by atoms with E-state index >= 15 is 0 Å². The van der Waals surface area contributed by atoms with Crippen molar-refractivity contribution in [1.82, 2.24) is 10.6 Å². The molecule has 0 fully saturated rings. The fraction of sp³-hybridized carbons (Fsp3) is 0.375. The van der Waals surface area contributed by atoms with E-state index in [1.807, 2.05) is 50.2 Å². The number of alkyl carbamates (subject to hydrolysis) is 1. The molecule has 1 aliphatic rings. The van der Waals surface area contributed by atoms with Crippen molar-refractivity contribution in [3.05, 3.63) is 59.7 Å². The van der Waals surface area contributed by atoms with Crippen LogP contribution in [-0.4, -0.2) is 41.8 Å². The highest BCUT2D eigenvalue weighted by Crippen LogP contribution is 2.44. The van der Waals surface area contributed by atoms with Crippen LogP contribution in [0.3, 0.4) is 0 Å². The summed E-state index contributed by atoms with van der Waals surface area (Å²) in [6.45, 7) is 5.35. The summed E-state index contributed by atoms with van der Waals surface area (Å²) in [5.74, 6) is -1.65. The SMILES string of the molecule is CC(C)C[C@H](NC(=O)OCC1c2ccccc2-c2ccccc21)C(=O)N[C@H](C)C(=O)O. The standard InChI is InChI=1S/C24H28N2O5/c1-14(2)12-21(22(27)25-15(3)23(28)29)26-24(30)31-13-20-18-10-6-4-8-16(18)17-9-5-7-11-19(17)20/h4-11,14-15,20-21H,12-13H2,1-3H3,(H,25,27)(H,26,30)(H,28,29)/t15-,21+/m1/s1. The number of carboxylic acid groups (broad SMARTS) is 1. The third-order valence-electron chi connectivity index (χ3n) is 5.39. The smallest absolute Gasteiger partial charge is 0.407 e. The van der Waals surface area contributed by atoms with E-state index in [1.165, 1.54) is 6.92 Å². The van der Waals surface area contributed by atoms with Gasteiger partial charge in [0.2, 0.25) is 5.91 Å². The maximum absolute atomic E-state index is 12.5. The van der Waals surface area contributed by atoms with Gasteiger partial charge >= 0.3 is 12.1 Å². The van der Waals surface area contributed by atoms with Crippen molar-refractivity contribution in [2.75, 3.05) is 6.61 Å². The molecule has 7 heteroatoms. The average Bonchev–Trinajstić information content (AvgIpc) is 3.05. The van der Waals surface area contributed by atoms with Gasteiger partial charge in [0.25, 0.3) is 0 Å². The molecular weight excluding hydrogens is 396 g/mol. The number of carbonyl (C=O) groups excluding carboxylic acids is 2. The van der Waals surface area contributed by atoms with Crippen LogP contribution in [0.1, 0.15) is 44.2 Å². The van der Waals surface area contributed by atoms with Gasteiger partial charge in [-0.05, 0) is 41.5 Å². The molecule has 31 heavy (non-hydrogen) atoms. The van der Waals surface area contributed by atoms with Crippen LogP contribution in [0.15, 0.2) is 48.5 Å². The number of fused-ring (bicyclic) bond motifs is 3. The fourth-order valence-corrected chi connectivity index (χ4v) is 3.86. The van der Waals surface area contributed by atoms with E-state index in [2.05, 4.69) is 22.8 Å². The third kappa shape index (κ3) is 5.23. The predicted molar refractivity (Wildman–Crippen MR) is 117 cm³/mol. The molecule has 2 aromatic rings. The van der Waals surface area contributed by atoms with Crippen LogP contribution in [0.4, 0.5) is 4.79 Å². The van der Waals surface area contributed by atoms with Crippen LogP contribution in [0.2, 0.25) is 0 Å². The molecule has 0 aliphatic heterocycles. The van der Waals surface area contributed by atoms with Gasteiger partial charge in [-0.3, -0.25) is 9.59 Å². The Morgan fingerprint density at radius 1 is 0.935 bits per heavy atom. The first-order valence-corrected chi connectivity index (χ1v) is 10.4. The van der Waals surface area contributed by atoms with Crippen molar-refractivity contribution in [1.29, 1.82) is 0 Å². The lowest BCUT2D eigenvalue weighted by Gasteiger charge is -2.22. The van der Waals surface area contributed by atoms with E-state index in [-0.39, 0.29) is 18.4 Å². The Balaban J connectivity index is 1.66. The number of benzene rings is 2. The van der Waals surface area contributed by atoms with Gasteiger partial charge in [0.1, 0.15) is 18.7 Å². The first kappa shape index (κ1) is 22.3. The third-order valence-corrected chi connectivity index (χ3v) is 5.39. The quantitative estimate of drug-likeness (QED) is 0.601. The zero-order chi connectivity index (χ0) is 22.5. The molecule has 7 nitrogen and oxygen atoms in total. The van der Waals surface area contributed by atoms with Gasteiger partial charge < -0.3 is 20.5 Å². The summed E-state index contributed by atoms with van der Waals surface area (Å²) in [6.07, 6.45) is -0.340. The van der Waals surface area contributed by atoms with Crippen LogP contribution in [0.25, 0.3) is 11.1 Å². The maximum atomic E-state index is 12.5. The maximum Gasteiger partial charge on any atom is 0.407 e. The molecule has 0 aromatic heterocycles. The van der Waals surface area contributed by atoms with Gasteiger partial charge in [-0.25, -0.2) is 4.79 Å². The van der Waals surface area contributed by atoms with Crippen molar-refractivity contribution in [2.45, 2.75) is 45.2 Å². The summed E-state index contributed by atoms with van der Waals surface area (Å²) in [7, 11) is 0. The Morgan fingerprint density at radius 2 is 1.48 bits per heavy atom. The average molecular weight is 424 g/mol. The molecule has 0 radical (unpaired) electrons. The van der Waals surface area contributed by atoms with Crippen molar-refractivity contribution < 1.29 is 24.2 Å². The Kier molecular flexibility index (Phi) is 6.95. The highest BCUT2D eigenvalue weighted by atomic mass is 16.5. The summed E-state index contributed by atoms with van der Waals surface area (Å²) < 4.78 is 5.51. The number of aliphatic carboxylic acids is 1. The van der Waals surface area contributed by atoms with Gasteiger partial charge in [0.15, 0.2) is 0 Å². The second kappa shape index (κ2) is 9.64. The summed E-state index contributed by atoms with van der Waals surface area (Å²) in [5.41, 5.74) is 4.46. The Morgan fingerprint density at radius 3 is 2.00 bits per heavy atom. The highest BCUT2D eigenvalue weighted by Gasteiger charge is 2.30. The molecule has 0 unspecified atom stereocenters. The summed E-state index contributed by atoms with van der Waals surface area (Å²) in [4.78, 5) is 36.0. The molecule has 3 N–H and O–H groups in total. The van der Waals surface area contributed by atoms with Crippen molar-refractivity contribution in [3.63, 3.8) is 0 Å². The zero-order valence-electron chi connectivity index (χ0n) is 17.9.